The fraction of sp³-hybridized carbons (Fsp3) is 0.921. The molecule has 7 rings (SSSR count). The molecule has 3 aliphatic heterocycles. The van der Waals surface area contributed by atoms with E-state index in [2.05, 4.69) is 6.92 Å². The average Bonchev–Trinajstić information content (AvgIpc) is 3.41. The number of carbonyl (C=O) groups is 1. The summed E-state index contributed by atoms with van der Waals surface area (Å²) in [5, 5.41) is 104. The summed E-state index contributed by atoms with van der Waals surface area (Å²) in [7, 11) is 0. The van der Waals surface area contributed by atoms with Crippen LogP contribution in [-0.4, -0.2) is 168 Å². The predicted molar refractivity (Wildman–Crippen MR) is 185 cm³/mol. The van der Waals surface area contributed by atoms with Crippen LogP contribution in [-0.2, 0) is 33.2 Å². The summed E-state index contributed by atoms with van der Waals surface area (Å²) in [6.45, 7) is 3.65. The molecule has 21 atom stereocenters. The van der Waals surface area contributed by atoms with Gasteiger partial charge in [-0.25, -0.2) is 0 Å². The van der Waals surface area contributed by atoms with Gasteiger partial charge in [-0.3, -0.25) is 4.79 Å². The maximum Gasteiger partial charge on any atom is 0.314 e. The zero-order valence-corrected chi connectivity index (χ0v) is 31.4. The van der Waals surface area contributed by atoms with Crippen LogP contribution in [0.25, 0.3) is 0 Å². The molecule has 3 heterocycles. The minimum atomic E-state index is -1.75. The first-order chi connectivity index (χ1) is 26.8. The fourth-order valence-electron chi connectivity index (χ4n) is 11.8. The highest BCUT2D eigenvalue weighted by molar-refractivity contribution is 5.77. The summed E-state index contributed by atoms with van der Waals surface area (Å²) in [5.74, 6) is -0.824. The zero-order valence-electron chi connectivity index (χ0n) is 33.4. The summed E-state index contributed by atoms with van der Waals surface area (Å²) in [6, 6.07) is 0. The maximum absolute atomic E-state index is 14.2. The van der Waals surface area contributed by atoms with Gasteiger partial charge in [0.25, 0.3) is 0 Å². The van der Waals surface area contributed by atoms with Crippen LogP contribution in [0.3, 0.4) is 0 Å². The maximum atomic E-state index is 14.2. The highest BCUT2D eigenvalue weighted by Gasteiger charge is 2.69. The summed E-state index contributed by atoms with van der Waals surface area (Å²) >= 11 is 0. The molecule has 3 saturated heterocycles. The Bertz CT molecular complexity index is 1520. The third-order valence-electron chi connectivity index (χ3n) is 14.8. The second-order valence-electron chi connectivity index (χ2n) is 17.9. The first kappa shape index (κ1) is 39.1. The molecule has 314 valence electrons. The van der Waals surface area contributed by atoms with Gasteiger partial charge < -0.3 is 79.5 Å². The summed E-state index contributed by atoms with van der Waals surface area (Å²) in [4.78, 5) is 14.2. The molecule has 0 aromatic rings. The minimum absolute atomic E-state index is 0.00544. The molecule has 0 unspecified atom stereocenters. The Labute approximate surface area is 322 Å². The predicted octanol–water partition coefficient (Wildman–Crippen LogP) is -1.91. The van der Waals surface area contributed by atoms with Gasteiger partial charge in [0, 0.05) is 0 Å². The molecule has 55 heavy (non-hydrogen) atoms. The Morgan fingerprint density at radius 2 is 1.38 bits per heavy atom. The van der Waals surface area contributed by atoms with E-state index in [9.17, 15) is 55.9 Å². The average molecular weight is 792 g/mol. The molecular weight excluding hydrogens is 729 g/mol. The number of hydrogen-bond donors (Lipinski definition) is 10. The van der Waals surface area contributed by atoms with E-state index >= 15 is 0 Å². The topological polar surface area (TPSA) is 275 Å². The van der Waals surface area contributed by atoms with Gasteiger partial charge in [0.2, 0.25) is 6.29 Å². The number of fused-ring (bicyclic) bond motifs is 3. The molecular formula is C38H60O17. The molecule has 17 nitrogen and oxygen atoms in total. The van der Waals surface area contributed by atoms with E-state index in [1.807, 2.05) is 6.92 Å². The van der Waals surface area contributed by atoms with Gasteiger partial charge in [-0.2, -0.15) is 0 Å². The molecule has 7 fully saturated rings. The van der Waals surface area contributed by atoms with Crippen molar-refractivity contribution in [2.45, 2.75) is 176 Å². The lowest BCUT2D eigenvalue weighted by Crippen LogP contribution is -2.65. The van der Waals surface area contributed by atoms with Gasteiger partial charge in [-0.05, 0) is 93.5 Å². The number of esters is 1. The quantitative estimate of drug-likeness (QED) is 0.0556. The number of aliphatic hydroxyl groups is 10. The number of rotatable bonds is 8. The van der Waals surface area contributed by atoms with E-state index in [0.717, 1.165) is 6.42 Å². The molecule has 7 aliphatic rings. The normalized spacial score (nSPS) is 55.8. The van der Waals surface area contributed by atoms with Crippen LogP contribution in [0.5, 0.6) is 0 Å². The van der Waals surface area contributed by atoms with Gasteiger partial charge in [0.15, 0.2) is 12.6 Å². The van der Waals surface area contributed by atoms with Crippen molar-refractivity contribution >= 4 is 5.97 Å². The molecule has 0 amide bonds. The number of carbonyl (C=O) groups excluding carboxylic acids is 1. The van der Waals surface area contributed by atoms with E-state index < -0.39 is 140 Å². The lowest BCUT2D eigenvalue weighted by molar-refractivity contribution is -0.376. The molecule has 0 aromatic carbocycles. The monoisotopic (exact) mass is 791 g/mol. The van der Waals surface area contributed by atoms with Crippen LogP contribution in [0, 0.1) is 28.1 Å². The number of ether oxygens (including phenoxy) is 6. The summed E-state index contributed by atoms with van der Waals surface area (Å²) in [5.41, 5.74) is -2.80. The second kappa shape index (κ2) is 15.0. The van der Waals surface area contributed by atoms with E-state index in [1.54, 1.807) is 0 Å². The Balaban J connectivity index is 1.14. The fourth-order valence-corrected chi connectivity index (χ4v) is 11.8. The third-order valence-corrected chi connectivity index (χ3v) is 14.8. The second-order valence-corrected chi connectivity index (χ2v) is 17.9. The van der Waals surface area contributed by atoms with Crippen molar-refractivity contribution in [2.75, 3.05) is 13.2 Å². The summed E-state index contributed by atoms with van der Waals surface area (Å²) in [6.07, 6.45) is -18.4. The lowest BCUT2D eigenvalue weighted by Gasteiger charge is -2.64. The van der Waals surface area contributed by atoms with Crippen LogP contribution < -0.4 is 0 Å². The third kappa shape index (κ3) is 6.63. The van der Waals surface area contributed by atoms with Crippen LogP contribution in [0.15, 0.2) is 12.1 Å². The highest BCUT2D eigenvalue weighted by Crippen LogP contribution is 2.73. The molecule has 4 aliphatic carbocycles. The van der Waals surface area contributed by atoms with Crippen molar-refractivity contribution < 1.29 is 87.0 Å². The Morgan fingerprint density at radius 1 is 0.764 bits per heavy atom. The zero-order chi connectivity index (χ0) is 41.6. The molecule has 17 heteroatoms. The largest absolute Gasteiger partial charge is 0.432 e. The summed E-state index contributed by atoms with van der Waals surface area (Å²) < 4.78 is 52.9. The van der Waals surface area contributed by atoms with E-state index in [4.69, 9.17) is 31.2 Å². The van der Waals surface area contributed by atoms with Gasteiger partial charge >= 0.3 is 5.97 Å². The first-order valence-corrected chi connectivity index (χ1v) is 19.6. The molecule has 4 saturated carbocycles. The van der Waals surface area contributed by atoms with Crippen molar-refractivity contribution in [2.24, 2.45) is 28.1 Å². The van der Waals surface area contributed by atoms with Gasteiger partial charge in [0.1, 0.15) is 67.1 Å². The van der Waals surface area contributed by atoms with E-state index in [1.165, 1.54) is 6.92 Å². The smallest absolute Gasteiger partial charge is 0.314 e. The van der Waals surface area contributed by atoms with Crippen molar-refractivity contribution in [3.05, 3.63) is 12.1 Å². The van der Waals surface area contributed by atoms with Gasteiger partial charge in [0.05, 0.1) is 33.1 Å². The van der Waals surface area contributed by atoms with Crippen LogP contribution >= 0.6 is 0 Å². The molecule has 10 N–H and O–H groups in total. The highest BCUT2D eigenvalue weighted by atomic mass is 16.8. The van der Waals surface area contributed by atoms with Crippen molar-refractivity contribution in [1.29, 1.82) is 0 Å². The minimum Gasteiger partial charge on any atom is -0.432 e. The van der Waals surface area contributed by atoms with E-state index in [-0.39, 0.29) is 11.8 Å². The van der Waals surface area contributed by atoms with Crippen LogP contribution in [0.2, 0.25) is 0 Å². The van der Waals surface area contributed by atoms with Crippen LogP contribution in [0.4, 0.5) is 0 Å². The lowest BCUT2D eigenvalue weighted by atomic mass is 9.41. The van der Waals surface area contributed by atoms with Crippen LogP contribution in [0.1, 0.15) is 81.3 Å². The van der Waals surface area contributed by atoms with Crippen molar-refractivity contribution in [3.8, 4) is 0 Å². The Kier molecular flexibility index (Phi) is 10.7. The van der Waals surface area contributed by atoms with Gasteiger partial charge in [-0.1, -0.05) is 19.9 Å². The number of hydrogen-bond acceptors (Lipinski definition) is 17. The standard InChI is InChI=1S/C38H60O17/c1-16-12-37-10-6-20-35(3,8-5-9-36(20,4)34(49)54-32-29(48)26(45)23(42)18(13-39)51-32)21(37)7-11-38(16,15-37)55-33-30(27(46)24(43)19(14-40)52-33)53-31-28(47)25(44)22(41)17(2)50-31/h17-33,39-48H,1,5-15H2,2-4H3/t17-,18+,19+,20-,21-,22-,23+,24+,25+,26-,27-,28+,29+,30+,31-,32-,33-,35+,36+,37+,38-/m0/s1/i1+1D2. The molecule has 0 radical (unpaired) electrons. The number of aliphatic hydroxyl groups excluding tert-OH is 10. The van der Waals surface area contributed by atoms with E-state index in [0.29, 0.717) is 56.9 Å². The SMILES string of the molecule is [2H][13C]([2H])=C1C[C@@]23CC[C@H]4[C@@](C)(CCC[C@@]4(C)C(=O)O[C@@H]4O[C@H](CO)[C@@H](O)[C@H](O)[C@H]4O)[C@@H]2CC[C@]1(O[C@@H]1O[C@H](CO)[C@@H](O)[C@H](O)[C@H]1O[C@@H]1O[C@@H](C)[C@H](O)[C@@H](O)[C@H]1O)C3. The van der Waals surface area contributed by atoms with Crippen molar-refractivity contribution in [3.63, 3.8) is 0 Å². The first-order valence-electron chi connectivity index (χ1n) is 20.6. The Hall–Kier alpha value is -1.39. The van der Waals surface area contributed by atoms with Gasteiger partial charge in [-0.15, -0.1) is 0 Å². The Morgan fingerprint density at radius 3 is 2.05 bits per heavy atom. The van der Waals surface area contributed by atoms with Crippen molar-refractivity contribution in [1.82, 2.24) is 0 Å². The molecule has 1 spiro atoms. The molecule has 0 aromatic heterocycles. The molecule has 2 bridgehead atoms.